The van der Waals surface area contributed by atoms with Crippen molar-refractivity contribution < 1.29 is 13.6 Å². The number of nitrogens with zero attached hydrogens (tertiary/aromatic N) is 2. The Morgan fingerprint density at radius 2 is 1.56 bits per heavy atom. The first kappa shape index (κ1) is 24.8. The lowest BCUT2D eigenvalue weighted by Gasteiger charge is -2.44. The molecule has 0 radical (unpaired) electrons. The standard InChI is InChI=1S/C29H38F2N2O/c1-18-7-10-23(11-8-18)33-19(2)13-21(14-20(33)3)28(34)26-17-32(29(4,5)6)16-25(26)24-12-9-22(30)15-27(24)31/h7-12,15,19-21,25-26H,13-14,16-17H2,1-6H3/t19-,20+,21?,25-,26+/m0/s1. The van der Waals surface area contributed by atoms with Gasteiger partial charge in [0.05, 0.1) is 0 Å². The highest BCUT2D eigenvalue weighted by atomic mass is 19.1. The third kappa shape index (κ3) is 4.91. The predicted molar refractivity (Wildman–Crippen MR) is 134 cm³/mol. The van der Waals surface area contributed by atoms with Crippen molar-refractivity contribution in [1.82, 2.24) is 4.90 Å². The summed E-state index contributed by atoms with van der Waals surface area (Å²) in [7, 11) is 0. The number of Topliss-reactive ketones (excluding diaryl/α,β-unsaturated/α-hetero) is 1. The molecule has 2 aliphatic rings. The van der Waals surface area contributed by atoms with Gasteiger partial charge in [0.15, 0.2) is 0 Å². The molecular weight excluding hydrogens is 430 g/mol. The third-order valence-electron chi connectivity index (χ3n) is 7.93. The average molecular weight is 469 g/mol. The number of ketones is 1. The lowest BCUT2D eigenvalue weighted by molar-refractivity contribution is -0.128. The largest absolute Gasteiger partial charge is 0.366 e. The van der Waals surface area contributed by atoms with Gasteiger partial charge in [-0.2, -0.15) is 0 Å². The summed E-state index contributed by atoms with van der Waals surface area (Å²) in [6.07, 6.45) is 1.59. The maximum atomic E-state index is 14.8. The number of carbonyl (C=O) groups excluding carboxylic acids is 1. The zero-order chi connectivity index (χ0) is 24.8. The molecule has 0 N–H and O–H groups in total. The van der Waals surface area contributed by atoms with Crippen LogP contribution in [0.15, 0.2) is 42.5 Å². The summed E-state index contributed by atoms with van der Waals surface area (Å²) < 4.78 is 28.4. The first-order chi connectivity index (χ1) is 16.0. The van der Waals surface area contributed by atoms with Crippen LogP contribution >= 0.6 is 0 Å². The zero-order valence-electron chi connectivity index (χ0n) is 21.3. The second-order valence-corrected chi connectivity index (χ2v) is 11.5. The molecule has 0 aromatic heterocycles. The van der Waals surface area contributed by atoms with E-state index in [-0.39, 0.29) is 41.2 Å². The topological polar surface area (TPSA) is 23.6 Å². The van der Waals surface area contributed by atoms with Crippen molar-refractivity contribution in [3.05, 3.63) is 65.2 Å². The van der Waals surface area contributed by atoms with Gasteiger partial charge in [0.1, 0.15) is 17.4 Å². The fourth-order valence-corrected chi connectivity index (χ4v) is 6.10. The normalized spacial score (nSPS) is 28.4. The van der Waals surface area contributed by atoms with Crippen molar-refractivity contribution in [3.63, 3.8) is 0 Å². The summed E-state index contributed by atoms with van der Waals surface area (Å²) in [5.41, 5.74) is 2.77. The van der Waals surface area contributed by atoms with E-state index < -0.39 is 11.6 Å². The van der Waals surface area contributed by atoms with E-state index in [1.54, 1.807) is 0 Å². The number of carbonyl (C=O) groups is 1. The molecule has 5 atom stereocenters. The minimum Gasteiger partial charge on any atom is -0.366 e. The number of piperidine rings is 1. The molecule has 4 rings (SSSR count). The molecule has 1 unspecified atom stereocenters. The van der Waals surface area contributed by atoms with Crippen molar-refractivity contribution in [1.29, 1.82) is 0 Å². The molecule has 34 heavy (non-hydrogen) atoms. The summed E-state index contributed by atoms with van der Waals surface area (Å²) in [6.45, 7) is 14.1. The summed E-state index contributed by atoms with van der Waals surface area (Å²) in [4.78, 5) is 18.7. The van der Waals surface area contributed by atoms with Crippen LogP contribution in [0.1, 0.15) is 64.5 Å². The zero-order valence-corrected chi connectivity index (χ0v) is 21.3. The van der Waals surface area contributed by atoms with Crippen molar-refractivity contribution in [2.75, 3.05) is 18.0 Å². The number of benzene rings is 2. The Morgan fingerprint density at radius 3 is 2.12 bits per heavy atom. The van der Waals surface area contributed by atoms with Gasteiger partial charge in [-0.1, -0.05) is 23.8 Å². The van der Waals surface area contributed by atoms with Gasteiger partial charge in [-0.25, -0.2) is 8.78 Å². The summed E-state index contributed by atoms with van der Waals surface area (Å²) in [5.74, 6) is -1.48. The van der Waals surface area contributed by atoms with Gasteiger partial charge in [-0.3, -0.25) is 9.69 Å². The molecule has 5 heteroatoms. The fraction of sp³-hybridized carbons (Fsp3) is 0.552. The van der Waals surface area contributed by atoms with Crippen molar-refractivity contribution in [2.45, 2.75) is 77.9 Å². The van der Waals surface area contributed by atoms with Crippen LogP contribution in [-0.2, 0) is 4.79 Å². The molecule has 0 aliphatic carbocycles. The summed E-state index contributed by atoms with van der Waals surface area (Å²) in [6, 6.07) is 12.9. The number of aryl methyl sites for hydroxylation is 1. The quantitative estimate of drug-likeness (QED) is 0.522. The van der Waals surface area contributed by atoms with E-state index in [1.165, 1.54) is 23.4 Å². The second kappa shape index (κ2) is 9.41. The highest BCUT2D eigenvalue weighted by Crippen LogP contribution is 2.42. The Kier molecular flexibility index (Phi) is 6.87. The molecule has 2 aliphatic heterocycles. The van der Waals surface area contributed by atoms with Gasteiger partial charge in [0.2, 0.25) is 0 Å². The van der Waals surface area contributed by atoms with Crippen LogP contribution < -0.4 is 4.90 Å². The maximum Gasteiger partial charge on any atom is 0.141 e. The van der Waals surface area contributed by atoms with Gasteiger partial charge in [0.25, 0.3) is 0 Å². The molecule has 0 amide bonds. The Bertz CT molecular complexity index is 1020. The number of hydrogen-bond acceptors (Lipinski definition) is 3. The van der Waals surface area contributed by atoms with E-state index >= 15 is 0 Å². The van der Waals surface area contributed by atoms with Gasteiger partial charge >= 0.3 is 0 Å². The lowest BCUT2D eigenvalue weighted by atomic mass is 9.75. The highest BCUT2D eigenvalue weighted by Gasteiger charge is 2.46. The van der Waals surface area contributed by atoms with Crippen LogP contribution in [0.2, 0.25) is 0 Å². The molecule has 2 saturated heterocycles. The number of halogens is 2. The highest BCUT2D eigenvalue weighted by molar-refractivity contribution is 5.85. The SMILES string of the molecule is Cc1ccc(N2[C@H](C)CC(C(=O)[C@@H]3CN(C(C)(C)C)C[C@H]3c3ccc(F)cc3F)C[C@@H]2C)cc1. The first-order valence-corrected chi connectivity index (χ1v) is 12.5. The van der Waals surface area contributed by atoms with Crippen LogP contribution in [0.4, 0.5) is 14.5 Å². The van der Waals surface area contributed by atoms with Crippen LogP contribution in [0.5, 0.6) is 0 Å². The molecule has 2 fully saturated rings. The van der Waals surface area contributed by atoms with Crippen molar-refractivity contribution in [3.8, 4) is 0 Å². The van der Waals surface area contributed by atoms with Crippen LogP contribution in [0.25, 0.3) is 0 Å². The van der Waals surface area contributed by atoms with E-state index in [0.29, 0.717) is 18.7 Å². The van der Waals surface area contributed by atoms with Crippen molar-refractivity contribution in [2.24, 2.45) is 11.8 Å². The number of likely N-dealkylation sites (tertiary alicyclic amines) is 1. The molecule has 3 nitrogen and oxygen atoms in total. The molecule has 184 valence electrons. The van der Waals surface area contributed by atoms with Gasteiger partial charge in [-0.05, 0) is 78.1 Å². The summed E-state index contributed by atoms with van der Waals surface area (Å²) >= 11 is 0. The van der Waals surface area contributed by atoms with E-state index in [0.717, 1.165) is 18.9 Å². The Morgan fingerprint density at radius 1 is 0.941 bits per heavy atom. The van der Waals surface area contributed by atoms with Gasteiger partial charge in [0, 0.05) is 60.2 Å². The van der Waals surface area contributed by atoms with E-state index in [1.807, 2.05) is 0 Å². The predicted octanol–water partition coefficient (Wildman–Crippen LogP) is 6.35. The minimum atomic E-state index is -0.582. The van der Waals surface area contributed by atoms with Crippen molar-refractivity contribution >= 4 is 11.5 Å². The number of hydrogen-bond donors (Lipinski definition) is 0. The molecule has 2 aromatic rings. The van der Waals surface area contributed by atoms with Gasteiger partial charge < -0.3 is 4.90 Å². The third-order valence-corrected chi connectivity index (χ3v) is 7.93. The Balaban J connectivity index is 1.58. The van der Waals surface area contributed by atoms with Gasteiger partial charge in [-0.15, -0.1) is 0 Å². The molecular formula is C29H38F2N2O. The molecule has 0 saturated carbocycles. The smallest absolute Gasteiger partial charge is 0.141 e. The number of rotatable bonds is 4. The molecule has 2 heterocycles. The molecule has 0 spiro atoms. The fourth-order valence-electron chi connectivity index (χ4n) is 6.10. The second-order valence-electron chi connectivity index (χ2n) is 11.5. The van der Waals surface area contributed by atoms with E-state index in [4.69, 9.17) is 0 Å². The minimum absolute atomic E-state index is 0.0531. The number of anilines is 1. The van der Waals surface area contributed by atoms with Crippen LogP contribution in [-0.4, -0.2) is 41.4 Å². The first-order valence-electron chi connectivity index (χ1n) is 12.5. The van der Waals surface area contributed by atoms with Crippen LogP contribution in [0, 0.1) is 30.4 Å². The monoisotopic (exact) mass is 468 g/mol. The lowest BCUT2D eigenvalue weighted by Crippen LogP contribution is -2.49. The van der Waals surface area contributed by atoms with Crippen LogP contribution in [0.3, 0.4) is 0 Å². The summed E-state index contributed by atoms with van der Waals surface area (Å²) in [5, 5.41) is 0. The van der Waals surface area contributed by atoms with E-state index in [2.05, 4.69) is 75.6 Å². The van der Waals surface area contributed by atoms with E-state index in [9.17, 15) is 13.6 Å². The maximum absolute atomic E-state index is 14.8. The Labute approximate surface area is 203 Å². The Hall–Kier alpha value is -2.27. The average Bonchev–Trinajstić information content (AvgIpc) is 3.19. The molecule has 2 aromatic carbocycles. The molecule has 0 bridgehead atoms.